The highest BCUT2D eigenvalue weighted by atomic mass is 16.3. The minimum absolute atomic E-state index is 0.0479. The number of hydrogen-bond acceptors (Lipinski definition) is 1. The van der Waals surface area contributed by atoms with E-state index >= 15 is 0 Å². The van der Waals surface area contributed by atoms with Crippen molar-refractivity contribution >= 4 is 21.9 Å². The van der Waals surface area contributed by atoms with Crippen molar-refractivity contribution in [1.29, 1.82) is 0 Å². The van der Waals surface area contributed by atoms with Crippen molar-refractivity contribution in [3.8, 4) is 33.5 Å². The van der Waals surface area contributed by atoms with Crippen molar-refractivity contribution in [2.24, 2.45) is 12.5 Å². The number of aromatic nitrogens is 1. The summed E-state index contributed by atoms with van der Waals surface area (Å²) >= 11 is 0. The molecule has 0 unspecified atom stereocenters. The molecule has 0 bridgehead atoms. The van der Waals surface area contributed by atoms with Crippen molar-refractivity contribution in [3.05, 3.63) is 112 Å². The van der Waals surface area contributed by atoms with E-state index in [0.717, 1.165) is 11.6 Å². The Kier molecular flexibility index (Phi) is 3.93. The van der Waals surface area contributed by atoms with Gasteiger partial charge in [-0.15, -0.1) is 0 Å². The summed E-state index contributed by atoms with van der Waals surface area (Å²) in [5, 5.41) is 0.612. The predicted octanol–water partition coefficient (Wildman–Crippen LogP) is 10.9. The van der Waals surface area contributed by atoms with Gasteiger partial charge in [0.25, 0.3) is 0 Å². The number of pyridine rings is 1. The third-order valence-electron chi connectivity index (χ3n) is 7.92. The molecule has 0 atom stereocenters. The van der Waals surface area contributed by atoms with Crippen LogP contribution in [0.15, 0.2) is 77.3 Å². The fourth-order valence-corrected chi connectivity index (χ4v) is 6.02. The van der Waals surface area contributed by atoms with Crippen molar-refractivity contribution in [2.75, 3.05) is 0 Å². The maximum atomic E-state index is 8.63. The van der Waals surface area contributed by atoms with E-state index in [0.29, 0.717) is 39.8 Å². The molecule has 0 amide bonds. The smallest absolute Gasteiger partial charge is 0.216 e. The van der Waals surface area contributed by atoms with Gasteiger partial charge in [-0.05, 0) is 115 Å². The summed E-state index contributed by atoms with van der Waals surface area (Å²) in [6.07, 6.45) is 2.02. The van der Waals surface area contributed by atoms with E-state index in [9.17, 15) is 0 Å². The Balaban J connectivity index is 1.65. The highest BCUT2D eigenvalue weighted by molar-refractivity contribution is 6.11. The van der Waals surface area contributed by atoms with Crippen molar-refractivity contribution in [3.63, 3.8) is 0 Å². The monoisotopic (exact) mass is 581 g/mol. The average molecular weight is 582 g/mol. The molecule has 0 saturated carbocycles. The van der Waals surface area contributed by atoms with Crippen LogP contribution in [-0.4, -0.2) is 0 Å². The Labute approximate surface area is 278 Å². The average Bonchev–Trinajstić information content (AvgIpc) is 3.43. The van der Waals surface area contributed by atoms with Crippen molar-refractivity contribution in [2.45, 2.75) is 68.4 Å². The fourth-order valence-electron chi connectivity index (χ4n) is 6.02. The van der Waals surface area contributed by atoms with E-state index < -0.39 is 34.3 Å². The van der Waals surface area contributed by atoms with Crippen LogP contribution < -0.4 is 4.57 Å². The maximum absolute atomic E-state index is 8.63. The zero-order chi connectivity index (χ0) is 43.3. The normalized spacial score (nSPS) is 18.7. The topological polar surface area (TPSA) is 17.0 Å². The van der Waals surface area contributed by atoms with Crippen LogP contribution in [0.4, 0.5) is 0 Å². The molecule has 0 N–H and O–H groups in total. The molecule has 0 spiro atoms. The zero-order valence-corrected chi connectivity index (χ0v) is 25.0. The number of aryl methyl sites for hydroxylation is 7. The Morgan fingerprint density at radius 3 is 2.23 bits per heavy atom. The summed E-state index contributed by atoms with van der Waals surface area (Å²) in [5.41, 5.74) is 2.67. The van der Waals surface area contributed by atoms with Gasteiger partial charge in [0.05, 0.1) is 5.56 Å². The van der Waals surface area contributed by atoms with E-state index in [1.165, 1.54) is 24.4 Å². The van der Waals surface area contributed by atoms with Gasteiger partial charge in [0, 0.05) is 43.0 Å². The number of fused-ring (bicyclic) bond motifs is 3. The molecule has 2 nitrogen and oxygen atoms in total. The second kappa shape index (κ2) is 10.5. The molecule has 218 valence electrons. The first kappa shape index (κ1) is 16.1. The van der Waals surface area contributed by atoms with E-state index in [4.69, 9.17) is 25.0 Å². The second-order valence-electron chi connectivity index (χ2n) is 12.6. The van der Waals surface area contributed by atoms with E-state index in [1.54, 1.807) is 54.9 Å². The van der Waals surface area contributed by atoms with Gasteiger partial charge in [-0.2, -0.15) is 0 Å². The lowest BCUT2D eigenvalue weighted by molar-refractivity contribution is -0.660. The first-order valence-corrected chi connectivity index (χ1v) is 14.2. The molecular formula is C41H44NO+. The molecule has 0 aliphatic rings. The van der Waals surface area contributed by atoms with Crippen LogP contribution >= 0.6 is 0 Å². The largest absolute Gasteiger partial charge is 0.455 e. The minimum atomic E-state index is -2.78. The van der Waals surface area contributed by atoms with Crippen LogP contribution in [-0.2, 0) is 13.5 Å². The van der Waals surface area contributed by atoms with Crippen LogP contribution in [0.25, 0.3) is 55.4 Å². The number of benzene rings is 4. The third kappa shape index (κ3) is 5.29. The van der Waals surface area contributed by atoms with E-state index in [-0.39, 0.29) is 60.9 Å². The molecule has 6 rings (SSSR count). The Morgan fingerprint density at radius 2 is 1.49 bits per heavy atom. The summed E-state index contributed by atoms with van der Waals surface area (Å²) in [5.74, 6) is 0. The summed E-state index contributed by atoms with van der Waals surface area (Å²) in [6.45, 7) is -5.40. The molecule has 0 radical (unpaired) electrons. The van der Waals surface area contributed by atoms with Crippen LogP contribution in [0.3, 0.4) is 0 Å². The van der Waals surface area contributed by atoms with Gasteiger partial charge in [0.15, 0.2) is 6.20 Å². The lowest BCUT2D eigenvalue weighted by Gasteiger charge is -2.19. The van der Waals surface area contributed by atoms with E-state index in [2.05, 4.69) is 0 Å². The van der Waals surface area contributed by atoms with Crippen molar-refractivity contribution in [1.82, 2.24) is 0 Å². The maximum Gasteiger partial charge on any atom is 0.216 e. The number of furan rings is 1. The molecule has 0 aliphatic carbocycles. The molecule has 2 heterocycles. The molecule has 2 heteroatoms. The molecule has 0 saturated heterocycles. The highest BCUT2D eigenvalue weighted by Crippen LogP contribution is 2.40. The van der Waals surface area contributed by atoms with Gasteiger partial charge in [0.1, 0.15) is 18.2 Å². The number of hydrogen-bond donors (Lipinski definition) is 0. The molecule has 0 fully saturated rings. The molecular weight excluding hydrogens is 522 g/mol. The standard InChI is InChI=1S/C41H44NO/c1-24-17-28(5)38-34-14-11-25(2)39(40(34)43-37(38)18-24)36-21-35(29(6)23-42(36)10)33-16-13-31(20-27(33)4)32-15-12-30(19-26(32)3)22-41(7,8)9/h11-21,23H,22H2,1-10H3/q+1/i1D3,3D3,4D3,5D3,6D3. The molecule has 6 aromatic rings. The SMILES string of the molecule is [2H]C([2H])([2H])c1cc(C([2H])([2H])[2H])c2c(c1)oc1c(-c3cc(-c4ccc(-c5ccc(CC(C)(C)C)cc5C([2H])([2H])[2H])cc4C([2H])([2H])[2H])c(C([2H])([2H])[2H])c[n+]3C)c(C)ccc12. The van der Waals surface area contributed by atoms with Gasteiger partial charge in [0.2, 0.25) is 5.69 Å². The Morgan fingerprint density at radius 1 is 0.721 bits per heavy atom. The number of nitrogens with zero attached hydrogens (tertiary/aromatic N) is 1. The Bertz CT molecular complexity index is 2580. The van der Waals surface area contributed by atoms with Gasteiger partial charge in [-0.25, -0.2) is 4.57 Å². The van der Waals surface area contributed by atoms with E-state index in [1.807, 2.05) is 26.8 Å². The summed E-state index contributed by atoms with van der Waals surface area (Å²) < 4.78 is 133. The lowest BCUT2D eigenvalue weighted by atomic mass is 9.86. The first-order chi connectivity index (χ1) is 26.4. The quantitative estimate of drug-likeness (QED) is 0.189. The van der Waals surface area contributed by atoms with Gasteiger partial charge in [-0.1, -0.05) is 75.4 Å². The van der Waals surface area contributed by atoms with Crippen LogP contribution in [0.1, 0.15) is 80.3 Å². The summed E-state index contributed by atoms with van der Waals surface area (Å²) in [7, 11) is 1.63. The van der Waals surface area contributed by atoms with Gasteiger partial charge >= 0.3 is 0 Å². The van der Waals surface area contributed by atoms with Crippen LogP contribution in [0.5, 0.6) is 0 Å². The Hall–Kier alpha value is -4.17. The van der Waals surface area contributed by atoms with Gasteiger partial charge in [-0.3, -0.25) is 0 Å². The van der Waals surface area contributed by atoms with Crippen LogP contribution in [0.2, 0.25) is 0 Å². The summed E-state index contributed by atoms with van der Waals surface area (Å²) in [4.78, 5) is 0. The summed E-state index contributed by atoms with van der Waals surface area (Å²) in [6, 6.07) is 17.1. The third-order valence-corrected chi connectivity index (χ3v) is 7.92. The molecule has 43 heavy (non-hydrogen) atoms. The first-order valence-electron chi connectivity index (χ1n) is 21.7. The van der Waals surface area contributed by atoms with Crippen LogP contribution in [0, 0.1) is 46.6 Å². The highest BCUT2D eigenvalue weighted by Gasteiger charge is 2.24. The predicted molar refractivity (Wildman–Crippen MR) is 183 cm³/mol. The second-order valence-corrected chi connectivity index (χ2v) is 12.6. The fraction of sp³-hybridized carbons (Fsp3) is 0.293. The lowest BCUT2D eigenvalue weighted by Crippen LogP contribution is -2.31. The molecule has 0 aliphatic heterocycles. The van der Waals surface area contributed by atoms with Crippen molar-refractivity contribution < 1.29 is 29.5 Å². The minimum Gasteiger partial charge on any atom is -0.455 e. The number of rotatable bonds is 4. The van der Waals surface area contributed by atoms with Gasteiger partial charge < -0.3 is 4.42 Å². The zero-order valence-electron chi connectivity index (χ0n) is 40.0. The molecule has 4 aromatic carbocycles. The molecule has 2 aromatic heterocycles.